The number of rotatable bonds is 1. The van der Waals surface area contributed by atoms with Crippen LogP contribution in [0.25, 0.3) is 54.1 Å². The van der Waals surface area contributed by atoms with Gasteiger partial charge in [0.05, 0.1) is 5.52 Å². The minimum absolute atomic E-state index is 0.954. The summed E-state index contributed by atoms with van der Waals surface area (Å²) in [6.45, 7) is 3.18. The predicted molar refractivity (Wildman–Crippen MR) is 117 cm³/mol. The SMILES string of the molecule is CCn1c2ccccc2c2c3ccc4cccc5ccc(c(Br)c21)c3c54. The lowest BCUT2D eigenvalue weighted by Crippen LogP contribution is -1.94. The molecule has 1 heterocycles. The largest absolute Gasteiger partial charge is 0.340 e. The molecule has 1 nitrogen and oxygen atoms in total. The number of fused-ring (bicyclic) bond motifs is 4. The summed E-state index contributed by atoms with van der Waals surface area (Å²) in [7, 11) is 0. The molecule has 0 atom stereocenters. The number of hydrogen-bond acceptors (Lipinski definition) is 0. The van der Waals surface area contributed by atoms with E-state index in [9.17, 15) is 0 Å². The molecule has 0 N–H and O–H groups in total. The molecule has 0 saturated heterocycles. The first kappa shape index (κ1) is 14.6. The topological polar surface area (TPSA) is 4.93 Å². The summed E-state index contributed by atoms with van der Waals surface area (Å²) in [6, 6.07) is 24.5. The van der Waals surface area contributed by atoms with Gasteiger partial charge in [-0.05, 0) is 61.2 Å². The van der Waals surface area contributed by atoms with Gasteiger partial charge in [-0.1, -0.05) is 60.7 Å². The molecule has 6 aromatic rings. The van der Waals surface area contributed by atoms with Crippen LogP contribution in [0.1, 0.15) is 6.92 Å². The Morgan fingerprint density at radius 1 is 0.692 bits per heavy atom. The van der Waals surface area contributed by atoms with E-state index in [0.717, 1.165) is 6.54 Å². The molecule has 0 aliphatic carbocycles. The van der Waals surface area contributed by atoms with Gasteiger partial charge in [-0.25, -0.2) is 0 Å². The monoisotopic (exact) mass is 397 g/mol. The van der Waals surface area contributed by atoms with E-state index in [1.165, 1.54) is 58.6 Å². The molecule has 1 aromatic heterocycles. The Morgan fingerprint density at radius 3 is 2.19 bits per heavy atom. The maximum absolute atomic E-state index is 3.98. The lowest BCUT2D eigenvalue weighted by Gasteiger charge is -2.14. The van der Waals surface area contributed by atoms with Crippen molar-refractivity contribution in [3.63, 3.8) is 0 Å². The van der Waals surface area contributed by atoms with Crippen LogP contribution in [-0.2, 0) is 6.54 Å². The van der Waals surface area contributed by atoms with Gasteiger partial charge in [0.2, 0.25) is 0 Å². The second-order valence-corrected chi connectivity index (χ2v) is 7.77. The summed E-state index contributed by atoms with van der Waals surface area (Å²) >= 11 is 3.98. The van der Waals surface area contributed by atoms with Crippen LogP contribution in [0.15, 0.2) is 71.2 Å². The van der Waals surface area contributed by atoms with Crippen molar-refractivity contribution >= 4 is 70.1 Å². The highest BCUT2D eigenvalue weighted by atomic mass is 79.9. The van der Waals surface area contributed by atoms with Gasteiger partial charge in [-0.3, -0.25) is 0 Å². The highest BCUT2D eigenvalue weighted by Crippen LogP contribution is 2.46. The first-order valence-electron chi connectivity index (χ1n) is 9.05. The maximum atomic E-state index is 3.98. The highest BCUT2D eigenvalue weighted by Gasteiger charge is 2.20. The molecule has 0 unspecified atom stereocenters. The first-order valence-corrected chi connectivity index (χ1v) is 9.85. The molecule has 0 radical (unpaired) electrons. The van der Waals surface area contributed by atoms with E-state index >= 15 is 0 Å². The molecule has 0 spiro atoms. The molecular formula is C24H16BrN. The van der Waals surface area contributed by atoms with E-state index in [2.05, 4.69) is 94.2 Å². The van der Waals surface area contributed by atoms with Crippen molar-refractivity contribution in [1.82, 2.24) is 4.57 Å². The zero-order chi connectivity index (χ0) is 17.4. The van der Waals surface area contributed by atoms with Crippen molar-refractivity contribution in [1.29, 1.82) is 0 Å². The van der Waals surface area contributed by atoms with Crippen molar-refractivity contribution in [2.24, 2.45) is 0 Å². The smallest absolute Gasteiger partial charge is 0.0648 e. The van der Waals surface area contributed by atoms with Crippen LogP contribution < -0.4 is 0 Å². The van der Waals surface area contributed by atoms with Crippen molar-refractivity contribution in [3.8, 4) is 0 Å². The van der Waals surface area contributed by atoms with Gasteiger partial charge in [0.15, 0.2) is 0 Å². The average molecular weight is 398 g/mol. The lowest BCUT2D eigenvalue weighted by molar-refractivity contribution is 0.826. The molecule has 5 aromatic carbocycles. The third-order valence-electron chi connectivity index (χ3n) is 5.78. The minimum Gasteiger partial charge on any atom is -0.340 e. The van der Waals surface area contributed by atoms with Crippen molar-refractivity contribution in [2.45, 2.75) is 13.5 Å². The van der Waals surface area contributed by atoms with Gasteiger partial charge >= 0.3 is 0 Å². The van der Waals surface area contributed by atoms with Crippen LogP contribution in [0.3, 0.4) is 0 Å². The van der Waals surface area contributed by atoms with Gasteiger partial charge in [0.25, 0.3) is 0 Å². The van der Waals surface area contributed by atoms with Gasteiger partial charge in [-0.15, -0.1) is 0 Å². The summed E-state index contributed by atoms with van der Waals surface area (Å²) in [4.78, 5) is 0. The third kappa shape index (κ3) is 1.61. The van der Waals surface area contributed by atoms with Crippen LogP contribution in [0.2, 0.25) is 0 Å². The van der Waals surface area contributed by atoms with Gasteiger partial charge < -0.3 is 4.57 Å². The zero-order valence-corrected chi connectivity index (χ0v) is 16.0. The van der Waals surface area contributed by atoms with Crippen LogP contribution in [0.4, 0.5) is 0 Å². The summed E-state index contributed by atoms with van der Waals surface area (Å²) in [5.74, 6) is 0. The molecule has 0 aliphatic heterocycles. The molecule has 0 saturated carbocycles. The number of benzene rings is 5. The summed E-state index contributed by atoms with van der Waals surface area (Å²) in [6.07, 6.45) is 0. The van der Waals surface area contributed by atoms with Crippen LogP contribution >= 0.6 is 15.9 Å². The van der Waals surface area contributed by atoms with Gasteiger partial charge in [0, 0.05) is 27.3 Å². The first-order chi connectivity index (χ1) is 12.8. The van der Waals surface area contributed by atoms with Crippen LogP contribution in [0.5, 0.6) is 0 Å². The highest BCUT2D eigenvalue weighted by molar-refractivity contribution is 9.10. The minimum atomic E-state index is 0.954. The Labute approximate surface area is 159 Å². The van der Waals surface area contributed by atoms with E-state index in [1.807, 2.05) is 0 Å². The zero-order valence-electron chi connectivity index (χ0n) is 14.4. The number of halogens is 1. The number of para-hydroxylation sites is 1. The summed E-state index contributed by atoms with van der Waals surface area (Å²) in [5.41, 5.74) is 2.61. The molecule has 0 amide bonds. The fourth-order valence-corrected chi connectivity index (χ4v) is 5.48. The third-order valence-corrected chi connectivity index (χ3v) is 6.58. The van der Waals surface area contributed by atoms with Gasteiger partial charge in [-0.2, -0.15) is 0 Å². The molecule has 124 valence electrons. The Hall–Kier alpha value is -2.58. The van der Waals surface area contributed by atoms with Crippen molar-refractivity contribution < 1.29 is 0 Å². The Balaban J connectivity index is 2.06. The molecule has 26 heavy (non-hydrogen) atoms. The number of aryl methyl sites for hydroxylation is 1. The Kier molecular flexibility index (Phi) is 2.80. The number of aromatic nitrogens is 1. The Morgan fingerprint density at radius 2 is 1.42 bits per heavy atom. The fraction of sp³-hybridized carbons (Fsp3) is 0.0833. The van der Waals surface area contributed by atoms with E-state index in [0.29, 0.717) is 0 Å². The van der Waals surface area contributed by atoms with E-state index in [-0.39, 0.29) is 0 Å². The van der Waals surface area contributed by atoms with Crippen LogP contribution in [-0.4, -0.2) is 4.57 Å². The van der Waals surface area contributed by atoms with Gasteiger partial charge in [0.1, 0.15) is 0 Å². The van der Waals surface area contributed by atoms with E-state index in [4.69, 9.17) is 0 Å². The van der Waals surface area contributed by atoms with E-state index < -0.39 is 0 Å². The summed E-state index contributed by atoms with van der Waals surface area (Å²) in [5, 5.41) is 10.7. The normalized spacial score (nSPS) is 12.4. The second kappa shape index (κ2) is 4.99. The standard InChI is InChI=1S/C24H16BrN/c1-2-26-19-9-4-3-8-16(19)22-17-12-10-14-6-5-7-15-11-13-18(21(17)20(14)15)23(25)24(22)26/h3-13H,2H2,1H3. The van der Waals surface area contributed by atoms with Crippen molar-refractivity contribution in [3.05, 3.63) is 71.2 Å². The Bertz CT molecular complexity index is 1460. The predicted octanol–water partition coefficient (Wildman–Crippen LogP) is 7.47. The molecule has 0 fully saturated rings. The number of nitrogens with zero attached hydrogens (tertiary/aromatic N) is 1. The molecule has 0 bridgehead atoms. The molecule has 0 aliphatic rings. The maximum Gasteiger partial charge on any atom is 0.0648 e. The second-order valence-electron chi connectivity index (χ2n) is 6.98. The van der Waals surface area contributed by atoms with Crippen molar-refractivity contribution in [2.75, 3.05) is 0 Å². The quantitative estimate of drug-likeness (QED) is 0.253. The average Bonchev–Trinajstić information content (AvgIpc) is 3.03. The molecule has 6 rings (SSSR count). The lowest BCUT2D eigenvalue weighted by atomic mass is 9.92. The van der Waals surface area contributed by atoms with E-state index in [1.54, 1.807) is 0 Å². The molecular weight excluding hydrogens is 382 g/mol. The number of hydrogen-bond donors (Lipinski definition) is 0. The fourth-order valence-electron chi connectivity index (χ4n) is 4.73. The van der Waals surface area contributed by atoms with Crippen LogP contribution in [0, 0.1) is 0 Å². The summed E-state index contributed by atoms with van der Waals surface area (Å²) < 4.78 is 3.64. The molecule has 2 heteroatoms.